The number of likely N-dealkylation sites (tertiary alicyclic amines) is 1. The Hall–Kier alpha value is -1.10. The van der Waals surface area contributed by atoms with E-state index in [0.29, 0.717) is 6.54 Å². The van der Waals surface area contributed by atoms with Gasteiger partial charge in [-0.1, -0.05) is 6.92 Å². The molecule has 0 aromatic heterocycles. The third-order valence-corrected chi connectivity index (χ3v) is 5.65. The lowest BCUT2D eigenvalue weighted by atomic mass is 9.73. The van der Waals surface area contributed by atoms with Gasteiger partial charge in [0.15, 0.2) is 0 Å². The summed E-state index contributed by atoms with van der Waals surface area (Å²) in [5, 5.41) is 12.7. The van der Waals surface area contributed by atoms with Crippen LogP contribution in [0.3, 0.4) is 0 Å². The van der Waals surface area contributed by atoms with Gasteiger partial charge in [-0.2, -0.15) is 0 Å². The molecule has 120 valence electrons. The number of hydrogen-bond acceptors (Lipinski definition) is 3. The number of rotatable bonds is 4. The van der Waals surface area contributed by atoms with E-state index in [-0.39, 0.29) is 17.2 Å². The molecule has 21 heavy (non-hydrogen) atoms. The number of carbonyl (C=O) groups is 2. The standard InChI is InChI=1S/C16H28N2O3/c1-4-16(7-8-17-11-16)13(19)18-9-5-6-12(10-18)15(2,3)14(20)21/h12,17H,4-11H2,1-3H3,(H,20,21). The highest BCUT2D eigenvalue weighted by molar-refractivity contribution is 5.83. The number of amides is 1. The summed E-state index contributed by atoms with van der Waals surface area (Å²) in [6.45, 7) is 8.64. The van der Waals surface area contributed by atoms with Crippen LogP contribution < -0.4 is 5.32 Å². The van der Waals surface area contributed by atoms with Crippen LogP contribution in [0.25, 0.3) is 0 Å². The zero-order valence-electron chi connectivity index (χ0n) is 13.4. The van der Waals surface area contributed by atoms with Crippen molar-refractivity contribution in [1.82, 2.24) is 10.2 Å². The summed E-state index contributed by atoms with van der Waals surface area (Å²) >= 11 is 0. The molecular weight excluding hydrogens is 268 g/mol. The Morgan fingerprint density at radius 1 is 1.43 bits per heavy atom. The van der Waals surface area contributed by atoms with E-state index >= 15 is 0 Å². The van der Waals surface area contributed by atoms with E-state index in [1.165, 1.54) is 0 Å². The van der Waals surface area contributed by atoms with Crippen molar-refractivity contribution in [3.8, 4) is 0 Å². The van der Waals surface area contributed by atoms with Crippen molar-refractivity contribution in [3.05, 3.63) is 0 Å². The Kier molecular flexibility index (Phi) is 4.61. The second kappa shape index (κ2) is 5.95. The number of nitrogens with one attached hydrogen (secondary N) is 1. The number of carboxylic acid groups (broad SMARTS) is 1. The first-order chi connectivity index (χ1) is 9.83. The van der Waals surface area contributed by atoms with Gasteiger partial charge < -0.3 is 15.3 Å². The smallest absolute Gasteiger partial charge is 0.309 e. The van der Waals surface area contributed by atoms with E-state index in [1.54, 1.807) is 13.8 Å². The fraction of sp³-hybridized carbons (Fsp3) is 0.875. The summed E-state index contributed by atoms with van der Waals surface area (Å²) in [5.41, 5.74) is -1.04. The number of hydrogen-bond donors (Lipinski definition) is 2. The molecule has 2 fully saturated rings. The van der Waals surface area contributed by atoms with Crippen LogP contribution in [-0.2, 0) is 9.59 Å². The van der Waals surface area contributed by atoms with Gasteiger partial charge in [-0.3, -0.25) is 9.59 Å². The van der Waals surface area contributed by atoms with Crippen molar-refractivity contribution in [2.75, 3.05) is 26.2 Å². The Morgan fingerprint density at radius 2 is 2.14 bits per heavy atom. The molecule has 1 amide bonds. The minimum atomic E-state index is -0.772. The highest BCUT2D eigenvalue weighted by atomic mass is 16.4. The molecule has 2 N–H and O–H groups in total. The van der Waals surface area contributed by atoms with Crippen LogP contribution in [0.15, 0.2) is 0 Å². The molecule has 2 heterocycles. The van der Waals surface area contributed by atoms with Crippen LogP contribution in [0.1, 0.15) is 46.5 Å². The Balaban J connectivity index is 2.10. The molecule has 0 bridgehead atoms. The molecule has 0 aliphatic carbocycles. The van der Waals surface area contributed by atoms with Gasteiger partial charge in [-0.05, 0) is 52.0 Å². The number of carbonyl (C=O) groups excluding carboxylic acids is 1. The molecule has 0 spiro atoms. The van der Waals surface area contributed by atoms with E-state index in [0.717, 1.165) is 45.3 Å². The summed E-state index contributed by atoms with van der Waals surface area (Å²) in [7, 11) is 0. The molecule has 2 unspecified atom stereocenters. The second-order valence-electron chi connectivity index (χ2n) is 7.18. The third-order valence-electron chi connectivity index (χ3n) is 5.65. The molecule has 2 atom stereocenters. The molecule has 2 rings (SSSR count). The Bertz CT molecular complexity index is 414. The Labute approximate surface area is 127 Å². The average molecular weight is 296 g/mol. The van der Waals surface area contributed by atoms with Crippen LogP contribution in [0.5, 0.6) is 0 Å². The van der Waals surface area contributed by atoms with Crippen molar-refractivity contribution in [2.45, 2.75) is 46.5 Å². The van der Waals surface area contributed by atoms with Gasteiger partial charge in [0.2, 0.25) is 5.91 Å². The van der Waals surface area contributed by atoms with Gasteiger partial charge in [0.25, 0.3) is 0 Å². The summed E-state index contributed by atoms with van der Waals surface area (Å²) in [5.74, 6) is -0.508. The molecule has 2 aliphatic rings. The molecular formula is C16H28N2O3. The topological polar surface area (TPSA) is 69.6 Å². The van der Waals surface area contributed by atoms with E-state index in [9.17, 15) is 14.7 Å². The van der Waals surface area contributed by atoms with Gasteiger partial charge in [0.05, 0.1) is 10.8 Å². The van der Waals surface area contributed by atoms with E-state index < -0.39 is 11.4 Å². The maximum atomic E-state index is 12.9. The van der Waals surface area contributed by atoms with E-state index in [4.69, 9.17) is 0 Å². The van der Waals surface area contributed by atoms with Gasteiger partial charge in [-0.25, -0.2) is 0 Å². The van der Waals surface area contributed by atoms with Crippen molar-refractivity contribution < 1.29 is 14.7 Å². The van der Waals surface area contributed by atoms with Gasteiger partial charge in [0.1, 0.15) is 0 Å². The van der Waals surface area contributed by atoms with Crippen LogP contribution in [-0.4, -0.2) is 48.1 Å². The van der Waals surface area contributed by atoms with Gasteiger partial charge in [0, 0.05) is 19.6 Å². The zero-order chi connectivity index (χ0) is 15.7. The van der Waals surface area contributed by atoms with Crippen LogP contribution in [0.2, 0.25) is 0 Å². The lowest BCUT2D eigenvalue weighted by Crippen LogP contribution is -2.52. The highest BCUT2D eigenvalue weighted by Gasteiger charge is 2.45. The summed E-state index contributed by atoms with van der Waals surface area (Å²) in [6, 6.07) is 0. The third kappa shape index (κ3) is 2.93. The first kappa shape index (κ1) is 16.3. The molecule has 0 aromatic carbocycles. The van der Waals surface area contributed by atoms with Crippen molar-refractivity contribution >= 4 is 11.9 Å². The van der Waals surface area contributed by atoms with E-state index in [2.05, 4.69) is 12.2 Å². The molecule has 5 nitrogen and oxygen atoms in total. The van der Waals surface area contributed by atoms with E-state index in [1.807, 2.05) is 4.90 Å². The normalized spacial score (nSPS) is 30.4. The predicted molar refractivity (Wildman–Crippen MR) is 80.9 cm³/mol. The number of carboxylic acids is 1. The minimum absolute atomic E-state index is 0.0379. The Morgan fingerprint density at radius 3 is 2.67 bits per heavy atom. The monoisotopic (exact) mass is 296 g/mol. The highest BCUT2D eigenvalue weighted by Crippen LogP contribution is 2.37. The number of nitrogens with zero attached hydrogens (tertiary/aromatic N) is 1. The first-order valence-corrected chi connectivity index (χ1v) is 8.07. The minimum Gasteiger partial charge on any atom is -0.481 e. The van der Waals surface area contributed by atoms with Gasteiger partial charge >= 0.3 is 5.97 Å². The summed E-state index contributed by atoms with van der Waals surface area (Å²) in [4.78, 5) is 26.3. The largest absolute Gasteiger partial charge is 0.481 e. The van der Waals surface area contributed by atoms with Crippen LogP contribution >= 0.6 is 0 Å². The summed E-state index contributed by atoms with van der Waals surface area (Å²) < 4.78 is 0. The lowest BCUT2D eigenvalue weighted by Gasteiger charge is -2.42. The predicted octanol–water partition coefficient (Wildman–Crippen LogP) is 1.73. The summed E-state index contributed by atoms with van der Waals surface area (Å²) in [6.07, 6.45) is 3.54. The maximum absolute atomic E-state index is 12.9. The van der Waals surface area contributed by atoms with Gasteiger partial charge in [-0.15, -0.1) is 0 Å². The molecule has 0 aromatic rings. The number of piperidine rings is 1. The molecule has 0 saturated carbocycles. The molecule has 2 aliphatic heterocycles. The lowest BCUT2D eigenvalue weighted by molar-refractivity contribution is -0.155. The SMILES string of the molecule is CCC1(C(=O)N2CCCC(C(C)(C)C(=O)O)C2)CCNC1. The molecule has 0 radical (unpaired) electrons. The zero-order valence-corrected chi connectivity index (χ0v) is 13.4. The van der Waals surface area contributed by atoms with Crippen LogP contribution in [0, 0.1) is 16.7 Å². The quantitative estimate of drug-likeness (QED) is 0.829. The van der Waals surface area contributed by atoms with Crippen LogP contribution in [0.4, 0.5) is 0 Å². The van der Waals surface area contributed by atoms with Crippen molar-refractivity contribution in [1.29, 1.82) is 0 Å². The fourth-order valence-electron chi connectivity index (χ4n) is 3.64. The second-order valence-corrected chi connectivity index (χ2v) is 7.18. The van der Waals surface area contributed by atoms with Crippen molar-refractivity contribution in [2.24, 2.45) is 16.7 Å². The average Bonchev–Trinajstić information content (AvgIpc) is 2.96. The molecule has 5 heteroatoms. The fourth-order valence-corrected chi connectivity index (χ4v) is 3.64. The maximum Gasteiger partial charge on any atom is 0.309 e. The molecule has 2 saturated heterocycles. The first-order valence-electron chi connectivity index (χ1n) is 8.07. The van der Waals surface area contributed by atoms with Crippen molar-refractivity contribution in [3.63, 3.8) is 0 Å². The number of aliphatic carboxylic acids is 1.